The fraction of sp³-hybridized carbons (Fsp3) is 0.629. The summed E-state index contributed by atoms with van der Waals surface area (Å²) in [7, 11) is -0.344. The van der Waals surface area contributed by atoms with Crippen molar-refractivity contribution in [3.05, 3.63) is 65.5 Å². The lowest BCUT2D eigenvalue weighted by atomic mass is 9.58. The van der Waals surface area contributed by atoms with Crippen LogP contribution in [0.25, 0.3) is 10.8 Å². The number of fused-ring (bicyclic) bond motifs is 2. The highest BCUT2D eigenvalue weighted by Crippen LogP contribution is 2.69. The Balaban J connectivity index is 1.17. The average Bonchev–Trinajstić information content (AvgIpc) is 3.49. The molecule has 0 radical (unpaired) electrons. The first-order valence-corrected chi connectivity index (χ1v) is 19.5. The Morgan fingerprint density at radius 1 is 1.14 bits per heavy atom. The quantitative estimate of drug-likeness (QED) is 0.260. The number of pyridine rings is 1. The summed E-state index contributed by atoms with van der Waals surface area (Å²) >= 11 is 0. The number of benzene rings is 1. The van der Waals surface area contributed by atoms with Crippen molar-refractivity contribution in [3.63, 3.8) is 0 Å². The van der Waals surface area contributed by atoms with E-state index in [0.29, 0.717) is 24.7 Å². The lowest BCUT2D eigenvalue weighted by Crippen LogP contribution is -2.63. The van der Waals surface area contributed by atoms with E-state index in [0.717, 1.165) is 50.1 Å². The summed E-state index contributed by atoms with van der Waals surface area (Å²) in [6.45, 7) is 6.29. The first-order valence-electron chi connectivity index (χ1n) is 16.3. The van der Waals surface area contributed by atoms with Crippen LogP contribution in [-0.2, 0) is 4.74 Å². The molecule has 2 bridgehead atoms. The second-order valence-electron chi connectivity index (χ2n) is 15.2. The van der Waals surface area contributed by atoms with Gasteiger partial charge >= 0.3 is 0 Å². The van der Waals surface area contributed by atoms with Gasteiger partial charge in [0.1, 0.15) is 12.3 Å². The smallest absolute Gasteiger partial charge is 0.182 e. The van der Waals surface area contributed by atoms with Gasteiger partial charge in [-0.2, -0.15) is 0 Å². The predicted molar refractivity (Wildman–Crippen MR) is 170 cm³/mol. The Bertz CT molecular complexity index is 1470. The number of nitrogens with zero attached hydrogens (tertiary/aromatic N) is 2. The van der Waals surface area contributed by atoms with E-state index in [2.05, 4.69) is 48.3 Å². The van der Waals surface area contributed by atoms with Gasteiger partial charge in [-0.05, 0) is 129 Å². The molecule has 1 aromatic carbocycles. The molecule has 8 heteroatoms. The number of likely N-dealkylation sites (N-methyl/N-ethyl adjacent to an activating group) is 1. The Morgan fingerprint density at radius 3 is 2.74 bits per heavy atom. The van der Waals surface area contributed by atoms with Gasteiger partial charge in [-0.15, -0.1) is 0 Å². The normalized spacial score (nSPS) is 39.2. The van der Waals surface area contributed by atoms with Gasteiger partial charge < -0.3 is 24.9 Å². The van der Waals surface area contributed by atoms with Crippen LogP contribution in [0.3, 0.4) is 0 Å². The second-order valence-corrected chi connectivity index (χ2v) is 19.3. The Morgan fingerprint density at radius 2 is 1.95 bits per heavy atom. The van der Waals surface area contributed by atoms with Gasteiger partial charge in [0.15, 0.2) is 8.32 Å². The molecule has 7 rings (SSSR count). The molecule has 0 amide bonds. The number of allylic oxidation sites excluding steroid dienone is 1. The van der Waals surface area contributed by atoms with Crippen LogP contribution in [0.5, 0.6) is 0 Å². The zero-order chi connectivity index (χ0) is 30.4. The Kier molecular flexibility index (Phi) is 7.14. The minimum absolute atomic E-state index is 0.0548. The van der Waals surface area contributed by atoms with Crippen LogP contribution >= 0.6 is 0 Å². The fourth-order valence-electron chi connectivity index (χ4n) is 9.82. The molecule has 2 aromatic rings. The molecule has 43 heavy (non-hydrogen) atoms. The Hall–Kier alpha value is -1.91. The van der Waals surface area contributed by atoms with E-state index in [-0.39, 0.29) is 11.0 Å². The molecule has 1 unspecified atom stereocenters. The maximum atomic E-state index is 11.5. The summed E-state index contributed by atoms with van der Waals surface area (Å²) < 4.78 is 7.37. The molecule has 232 valence electrons. The molecule has 7 nitrogen and oxygen atoms in total. The van der Waals surface area contributed by atoms with Gasteiger partial charge in [-0.3, -0.25) is 9.88 Å². The largest absolute Gasteiger partial charge is 0.432 e. The van der Waals surface area contributed by atoms with Gasteiger partial charge in [-0.1, -0.05) is 31.2 Å². The molecular weight excluding hydrogens is 556 g/mol. The van der Waals surface area contributed by atoms with Gasteiger partial charge in [0, 0.05) is 23.8 Å². The summed E-state index contributed by atoms with van der Waals surface area (Å²) in [4.78, 5) is 16.4. The Labute approximate surface area is 256 Å². The molecule has 4 N–H and O–H groups in total. The SMILES string of the molecule is CN(C(O)CCC[Si](C)(C)O)[C@H]1C[C@@]23CC[C@@]4(O2)C(=CC[C@]2(C)[C@@H](c5ccc6ccncc6c5)CC[C@H]24)C=C3[C@@H](O)[C@@H]1O. The molecule has 3 fully saturated rings. The summed E-state index contributed by atoms with van der Waals surface area (Å²) in [5.74, 6) is 0.795. The van der Waals surface area contributed by atoms with E-state index in [1.165, 1.54) is 21.9 Å². The molecular formula is C35H48N2O5Si. The number of hydrogen-bond acceptors (Lipinski definition) is 7. The van der Waals surface area contributed by atoms with Crippen LogP contribution in [0, 0.1) is 11.3 Å². The van der Waals surface area contributed by atoms with Crippen LogP contribution in [0.1, 0.15) is 69.8 Å². The van der Waals surface area contributed by atoms with Crippen molar-refractivity contribution < 1.29 is 24.9 Å². The molecule has 3 heterocycles. The second kappa shape index (κ2) is 10.3. The van der Waals surface area contributed by atoms with Crippen molar-refractivity contribution in [3.8, 4) is 0 Å². The van der Waals surface area contributed by atoms with Gasteiger partial charge in [0.05, 0.1) is 17.3 Å². The summed E-state index contributed by atoms with van der Waals surface area (Å²) in [5.41, 5.74) is 2.42. The van der Waals surface area contributed by atoms with E-state index in [1.807, 2.05) is 37.4 Å². The van der Waals surface area contributed by atoms with Crippen molar-refractivity contribution >= 4 is 19.1 Å². The predicted octanol–water partition coefficient (Wildman–Crippen LogP) is 5.01. The standard InChI is InChI=1S/C35H48N2O5Si/c1-33-13-11-25-19-27-31(39)32(40)28(37(2)30(38)6-5-17-43(3,4)41)20-34(27)14-15-35(25,42-34)29(33)10-9-26(33)23-8-7-22-12-16-36-21-24(22)18-23/h7-8,11-12,16,18-19,21,26,28-32,38-41H,5-6,9-10,13-15,17,20H2,1-4H3/t26-,28+,29-,30?,31-,32-,33-,34-,35-/m1/s1. The number of ether oxygens (including phenoxy) is 1. The van der Waals surface area contributed by atoms with Crippen molar-refractivity contribution in [2.75, 3.05) is 7.05 Å². The van der Waals surface area contributed by atoms with Gasteiger partial charge in [-0.25, -0.2) is 0 Å². The summed E-state index contributed by atoms with van der Waals surface area (Å²) in [6, 6.07) is 9.24. The highest BCUT2D eigenvalue weighted by Gasteiger charge is 2.68. The van der Waals surface area contributed by atoms with Crippen LogP contribution in [0.15, 0.2) is 60.0 Å². The maximum Gasteiger partial charge on any atom is 0.182 e. The van der Waals surface area contributed by atoms with Gasteiger partial charge in [0.2, 0.25) is 0 Å². The van der Waals surface area contributed by atoms with Crippen molar-refractivity contribution in [1.82, 2.24) is 9.88 Å². The van der Waals surface area contributed by atoms with Crippen LogP contribution in [0.2, 0.25) is 19.1 Å². The molecule has 3 aliphatic carbocycles. The monoisotopic (exact) mass is 604 g/mol. The van der Waals surface area contributed by atoms with E-state index < -0.39 is 38.4 Å². The maximum absolute atomic E-state index is 11.5. The zero-order valence-corrected chi connectivity index (χ0v) is 27.0. The first kappa shape index (κ1) is 29.8. The number of aliphatic hydroxyl groups is 3. The lowest BCUT2D eigenvalue weighted by molar-refractivity contribution is -0.176. The molecule has 5 aliphatic rings. The third kappa shape index (κ3) is 4.63. The zero-order valence-electron chi connectivity index (χ0n) is 26.0. The first-order chi connectivity index (χ1) is 20.4. The minimum Gasteiger partial charge on any atom is -0.432 e. The van der Waals surface area contributed by atoms with Crippen molar-refractivity contribution in [2.45, 2.75) is 119 Å². The third-order valence-electron chi connectivity index (χ3n) is 12.2. The van der Waals surface area contributed by atoms with Crippen LogP contribution < -0.4 is 0 Å². The van der Waals surface area contributed by atoms with E-state index >= 15 is 0 Å². The molecule has 2 saturated carbocycles. The van der Waals surface area contributed by atoms with Crippen molar-refractivity contribution in [2.24, 2.45) is 11.3 Å². The highest BCUT2D eigenvalue weighted by molar-refractivity contribution is 6.69. The molecule has 1 saturated heterocycles. The summed E-state index contributed by atoms with van der Waals surface area (Å²) in [5, 5.41) is 36.3. The molecule has 2 aliphatic heterocycles. The average molecular weight is 605 g/mol. The van der Waals surface area contributed by atoms with E-state index in [1.54, 1.807) is 0 Å². The summed E-state index contributed by atoms with van der Waals surface area (Å²) in [6.07, 6.45) is 12.3. The number of hydrogen-bond donors (Lipinski definition) is 4. The molecule has 9 atom stereocenters. The van der Waals surface area contributed by atoms with Gasteiger partial charge in [0.25, 0.3) is 0 Å². The van der Waals surface area contributed by atoms with E-state index in [4.69, 9.17) is 4.74 Å². The molecule has 1 aromatic heterocycles. The van der Waals surface area contributed by atoms with Crippen molar-refractivity contribution in [1.29, 1.82) is 0 Å². The minimum atomic E-state index is -2.19. The fourth-order valence-corrected chi connectivity index (χ4v) is 10.9. The van der Waals surface area contributed by atoms with E-state index in [9.17, 15) is 20.1 Å². The number of aromatic nitrogens is 1. The number of aliphatic hydroxyl groups excluding tert-OH is 3. The molecule has 2 spiro atoms. The van der Waals surface area contributed by atoms with Crippen LogP contribution in [-0.4, -0.2) is 81.0 Å². The number of rotatable bonds is 7. The highest BCUT2D eigenvalue weighted by atomic mass is 28.4. The lowest BCUT2D eigenvalue weighted by Gasteiger charge is -2.56. The topological polar surface area (TPSA) is 106 Å². The van der Waals surface area contributed by atoms with Crippen LogP contribution in [0.4, 0.5) is 0 Å². The third-order valence-corrected chi connectivity index (χ3v) is 13.7.